The molecule has 4 heteroatoms. The highest BCUT2D eigenvalue weighted by atomic mass is 79.9. The highest BCUT2D eigenvalue weighted by Gasteiger charge is 2.25. The zero-order valence-electron chi connectivity index (χ0n) is 9.96. The molecule has 1 nitrogen and oxygen atoms in total. The van der Waals surface area contributed by atoms with Gasteiger partial charge in [-0.2, -0.15) is 0 Å². The molecule has 0 aromatic heterocycles. The third kappa shape index (κ3) is 2.31. The van der Waals surface area contributed by atoms with E-state index < -0.39 is 6.10 Å². The molecule has 0 heterocycles. The number of alkyl halides is 1. The monoisotopic (exact) mass is 356 g/mol. The molecule has 2 aromatic carbocycles. The molecule has 1 atom stereocenters. The Bertz CT molecular complexity index is 655. The van der Waals surface area contributed by atoms with Gasteiger partial charge < -0.3 is 5.11 Å². The number of halogens is 3. The summed E-state index contributed by atoms with van der Waals surface area (Å²) in [6, 6.07) is 9.69. The Balaban J connectivity index is 2.24. The first-order valence-electron chi connectivity index (χ1n) is 5.95. The maximum Gasteiger partial charge on any atom is 0.0893 e. The highest BCUT2D eigenvalue weighted by Crippen LogP contribution is 2.43. The van der Waals surface area contributed by atoms with Crippen LogP contribution in [-0.4, -0.2) is 10.4 Å². The maximum atomic E-state index is 10.2. The fraction of sp³-hybridized carbons (Fsp3) is 0.200. The standard InChI is InChI=1S/C15H11BrCl2O/c16-7-14(19)13-6-11(18)5-9-3-8-4-10(17)1-2-12(8)15(9)13/h1-2,4-6,14,19H,3,7H2. The van der Waals surface area contributed by atoms with Crippen molar-refractivity contribution < 1.29 is 5.11 Å². The fourth-order valence-corrected chi connectivity index (χ4v) is 3.45. The molecule has 1 aliphatic carbocycles. The summed E-state index contributed by atoms with van der Waals surface area (Å²) in [5.74, 6) is 0. The molecule has 0 saturated carbocycles. The van der Waals surface area contributed by atoms with Crippen LogP contribution in [0.5, 0.6) is 0 Å². The number of rotatable bonds is 2. The van der Waals surface area contributed by atoms with E-state index in [-0.39, 0.29) is 0 Å². The van der Waals surface area contributed by atoms with Gasteiger partial charge in [0.1, 0.15) is 0 Å². The zero-order valence-corrected chi connectivity index (χ0v) is 13.1. The van der Waals surface area contributed by atoms with Gasteiger partial charge in [-0.15, -0.1) is 0 Å². The molecule has 3 rings (SSSR count). The van der Waals surface area contributed by atoms with E-state index >= 15 is 0 Å². The van der Waals surface area contributed by atoms with E-state index in [1.54, 1.807) is 0 Å². The van der Waals surface area contributed by atoms with Crippen molar-refractivity contribution in [3.05, 3.63) is 57.1 Å². The number of hydrogen-bond acceptors (Lipinski definition) is 1. The van der Waals surface area contributed by atoms with Crippen molar-refractivity contribution in [1.82, 2.24) is 0 Å². The summed E-state index contributed by atoms with van der Waals surface area (Å²) in [4.78, 5) is 0. The van der Waals surface area contributed by atoms with Crippen molar-refractivity contribution in [3.8, 4) is 11.1 Å². The Labute approximate surface area is 130 Å². The van der Waals surface area contributed by atoms with Gasteiger partial charge in [0.15, 0.2) is 0 Å². The number of fused-ring (bicyclic) bond motifs is 3. The van der Waals surface area contributed by atoms with Crippen LogP contribution in [0, 0.1) is 0 Å². The predicted octanol–water partition coefficient (Wildman–Crippen LogP) is 4.99. The lowest BCUT2D eigenvalue weighted by atomic mass is 9.96. The van der Waals surface area contributed by atoms with Gasteiger partial charge in [-0.05, 0) is 58.5 Å². The second kappa shape index (κ2) is 5.10. The minimum absolute atomic E-state index is 0.489. The third-order valence-electron chi connectivity index (χ3n) is 3.44. The minimum atomic E-state index is -0.561. The Morgan fingerprint density at radius 3 is 2.58 bits per heavy atom. The topological polar surface area (TPSA) is 20.2 Å². The predicted molar refractivity (Wildman–Crippen MR) is 83.5 cm³/mol. The Kier molecular flexibility index (Phi) is 3.61. The lowest BCUT2D eigenvalue weighted by Gasteiger charge is -2.14. The highest BCUT2D eigenvalue weighted by molar-refractivity contribution is 9.09. The van der Waals surface area contributed by atoms with Gasteiger partial charge in [-0.1, -0.05) is 45.2 Å². The number of aliphatic hydroxyl groups excluding tert-OH is 1. The van der Waals surface area contributed by atoms with Crippen LogP contribution in [0.25, 0.3) is 11.1 Å². The number of hydrogen-bond donors (Lipinski definition) is 1. The van der Waals surface area contributed by atoms with Crippen molar-refractivity contribution >= 4 is 39.1 Å². The molecule has 1 unspecified atom stereocenters. The van der Waals surface area contributed by atoms with Crippen LogP contribution in [0.15, 0.2) is 30.3 Å². The molecule has 2 aromatic rings. The van der Waals surface area contributed by atoms with E-state index in [9.17, 15) is 5.11 Å². The molecule has 0 saturated heterocycles. The molecular formula is C15H11BrCl2O. The van der Waals surface area contributed by atoms with Crippen molar-refractivity contribution in [2.45, 2.75) is 12.5 Å². The minimum Gasteiger partial charge on any atom is -0.388 e. The summed E-state index contributed by atoms with van der Waals surface area (Å²) in [6.07, 6.45) is 0.252. The summed E-state index contributed by atoms with van der Waals surface area (Å²) >= 11 is 15.5. The molecule has 0 radical (unpaired) electrons. The summed E-state index contributed by atoms with van der Waals surface area (Å²) < 4.78 is 0. The van der Waals surface area contributed by atoms with Gasteiger partial charge in [-0.25, -0.2) is 0 Å². The van der Waals surface area contributed by atoms with Crippen LogP contribution in [0.2, 0.25) is 10.0 Å². The fourth-order valence-electron chi connectivity index (χ4n) is 2.66. The van der Waals surface area contributed by atoms with Crippen molar-refractivity contribution in [1.29, 1.82) is 0 Å². The van der Waals surface area contributed by atoms with E-state index in [4.69, 9.17) is 23.2 Å². The first-order chi connectivity index (χ1) is 9.10. The van der Waals surface area contributed by atoms with E-state index in [1.165, 1.54) is 5.56 Å². The van der Waals surface area contributed by atoms with E-state index in [0.717, 1.165) is 33.7 Å². The molecule has 1 N–H and O–H groups in total. The molecule has 0 aliphatic heterocycles. The molecular weight excluding hydrogens is 347 g/mol. The maximum absolute atomic E-state index is 10.2. The van der Waals surface area contributed by atoms with E-state index in [0.29, 0.717) is 10.4 Å². The number of aliphatic hydroxyl groups is 1. The summed E-state index contributed by atoms with van der Waals surface area (Å²) in [5, 5.41) is 12.1. The molecule has 19 heavy (non-hydrogen) atoms. The van der Waals surface area contributed by atoms with Crippen LogP contribution in [0.1, 0.15) is 22.8 Å². The Morgan fingerprint density at radius 2 is 1.84 bits per heavy atom. The van der Waals surface area contributed by atoms with Crippen molar-refractivity contribution in [2.24, 2.45) is 0 Å². The summed E-state index contributed by atoms with van der Waals surface area (Å²) in [6.45, 7) is 0. The zero-order chi connectivity index (χ0) is 13.6. The molecule has 98 valence electrons. The first kappa shape index (κ1) is 13.4. The molecule has 0 bridgehead atoms. The second-order valence-corrected chi connectivity index (χ2v) is 6.20. The molecule has 0 fully saturated rings. The van der Waals surface area contributed by atoms with Gasteiger partial charge in [-0.3, -0.25) is 0 Å². The molecule has 0 spiro atoms. The summed E-state index contributed by atoms with van der Waals surface area (Å²) in [5.41, 5.74) is 5.46. The van der Waals surface area contributed by atoms with Crippen LogP contribution in [0.3, 0.4) is 0 Å². The average molecular weight is 358 g/mol. The van der Waals surface area contributed by atoms with Crippen LogP contribution in [-0.2, 0) is 6.42 Å². The SMILES string of the molecule is OC(CBr)c1cc(Cl)cc2c1-c1ccc(Cl)cc1C2. The van der Waals surface area contributed by atoms with Crippen molar-refractivity contribution in [2.75, 3.05) is 5.33 Å². The largest absolute Gasteiger partial charge is 0.388 e. The third-order valence-corrected chi connectivity index (χ3v) is 4.50. The van der Waals surface area contributed by atoms with Crippen LogP contribution >= 0.6 is 39.1 Å². The van der Waals surface area contributed by atoms with E-state index in [1.807, 2.05) is 30.3 Å². The molecule has 0 amide bonds. The Morgan fingerprint density at radius 1 is 1.11 bits per heavy atom. The molecule has 1 aliphatic rings. The van der Waals surface area contributed by atoms with Gasteiger partial charge in [0.2, 0.25) is 0 Å². The van der Waals surface area contributed by atoms with Crippen molar-refractivity contribution in [3.63, 3.8) is 0 Å². The first-order valence-corrected chi connectivity index (χ1v) is 7.83. The lowest BCUT2D eigenvalue weighted by Crippen LogP contribution is -2.01. The van der Waals surface area contributed by atoms with Gasteiger partial charge in [0, 0.05) is 15.4 Å². The summed E-state index contributed by atoms with van der Waals surface area (Å²) in [7, 11) is 0. The number of benzene rings is 2. The Hall–Kier alpha value is -0.540. The smallest absolute Gasteiger partial charge is 0.0893 e. The second-order valence-electron chi connectivity index (χ2n) is 4.68. The van der Waals surface area contributed by atoms with Crippen LogP contribution in [0.4, 0.5) is 0 Å². The lowest BCUT2D eigenvalue weighted by molar-refractivity contribution is 0.206. The van der Waals surface area contributed by atoms with Gasteiger partial charge in [0.05, 0.1) is 6.10 Å². The van der Waals surface area contributed by atoms with E-state index in [2.05, 4.69) is 15.9 Å². The quantitative estimate of drug-likeness (QED) is 0.640. The average Bonchev–Trinajstić information content (AvgIpc) is 2.73. The van der Waals surface area contributed by atoms with Crippen LogP contribution < -0.4 is 0 Å². The van der Waals surface area contributed by atoms with Gasteiger partial charge in [0.25, 0.3) is 0 Å². The van der Waals surface area contributed by atoms with Gasteiger partial charge >= 0.3 is 0 Å². The normalized spacial score (nSPS) is 14.1.